The fraction of sp³-hybridized carbons (Fsp3) is 1.00. The van der Waals surface area contributed by atoms with Crippen LogP contribution in [-0.2, 0) is 0 Å². The highest BCUT2D eigenvalue weighted by Crippen LogP contribution is 2.51. The molecule has 1 fully saturated rings. The highest BCUT2D eigenvalue weighted by atomic mass is 32.3. The molecule has 1 heterocycles. The third kappa shape index (κ3) is 10.5. The Morgan fingerprint density at radius 1 is 0.619 bits per heavy atom. The summed E-state index contributed by atoms with van der Waals surface area (Å²) in [6, 6.07) is 0. The normalized spacial score (nSPS) is 30.9. The maximum absolute atomic E-state index is 4.54. The fourth-order valence-corrected chi connectivity index (χ4v) is 9.06. The Kier molecular flexibility index (Phi) is 11.7. The van der Waals surface area contributed by atoms with E-state index in [2.05, 4.69) is 93.9 Å². The van der Waals surface area contributed by atoms with Crippen LogP contribution in [-0.4, -0.2) is 29.5 Å². The third-order valence-corrected chi connectivity index (χ3v) is 9.38. The van der Waals surface area contributed by atoms with Gasteiger partial charge in [-0.25, -0.2) is 0 Å². The van der Waals surface area contributed by atoms with E-state index in [1.165, 1.54) is 38.5 Å². The Balaban J connectivity index is 2.46. The number of hydrogen-bond acceptors (Lipinski definition) is 6. The Bertz CT molecular complexity index is 220. The van der Waals surface area contributed by atoms with Crippen LogP contribution in [0.5, 0.6) is 0 Å². The second-order valence-electron chi connectivity index (χ2n) is 5.98. The molecule has 0 N–H and O–H groups in total. The average molecular weight is 403 g/mol. The summed E-state index contributed by atoms with van der Waals surface area (Å²) in [5, 5.41) is 1.56. The molecule has 0 amide bonds. The van der Waals surface area contributed by atoms with Gasteiger partial charge in [-0.2, -0.15) is 37.9 Å². The van der Waals surface area contributed by atoms with E-state index in [0.29, 0.717) is 15.7 Å². The van der Waals surface area contributed by atoms with Crippen molar-refractivity contribution in [2.75, 3.05) is 0 Å². The van der Waals surface area contributed by atoms with Gasteiger partial charge in [0.05, 0.1) is 13.7 Å². The molecule has 1 aliphatic heterocycles. The van der Waals surface area contributed by atoms with Gasteiger partial charge in [-0.05, 0) is 54.3 Å². The summed E-state index contributed by atoms with van der Waals surface area (Å²) in [6.45, 7) is 6.61. The van der Waals surface area contributed by atoms with Gasteiger partial charge >= 0.3 is 0 Å². The van der Waals surface area contributed by atoms with E-state index in [4.69, 9.17) is 0 Å². The molecule has 0 saturated carbocycles. The van der Waals surface area contributed by atoms with Crippen LogP contribution < -0.4 is 0 Å². The molecule has 3 unspecified atom stereocenters. The topological polar surface area (TPSA) is 0 Å². The zero-order valence-corrected chi connectivity index (χ0v) is 18.4. The molecule has 1 aliphatic rings. The molecule has 0 nitrogen and oxygen atoms in total. The quantitative estimate of drug-likeness (QED) is 0.378. The molecule has 0 aromatic heterocycles. The average Bonchev–Trinajstić information content (AvgIpc) is 2.40. The molecule has 3 atom stereocenters. The molecule has 0 aliphatic carbocycles. The van der Waals surface area contributed by atoms with Crippen molar-refractivity contribution in [1.29, 1.82) is 0 Å². The minimum Gasteiger partial charge on any atom is -0.176 e. The Morgan fingerprint density at radius 2 is 0.857 bits per heavy atom. The van der Waals surface area contributed by atoms with Gasteiger partial charge < -0.3 is 0 Å². The number of thioether (sulfide) groups is 3. The minimum atomic E-state index is 0.521. The molecule has 126 valence electrons. The van der Waals surface area contributed by atoms with E-state index in [9.17, 15) is 0 Å². The Hall–Kier alpha value is 2.10. The van der Waals surface area contributed by atoms with Gasteiger partial charge in [0.25, 0.3) is 0 Å². The van der Waals surface area contributed by atoms with Crippen LogP contribution in [0.25, 0.3) is 0 Å². The first-order valence-corrected chi connectivity index (χ1v) is 12.2. The predicted molar refractivity (Wildman–Crippen MR) is 117 cm³/mol. The van der Waals surface area contributed by atoms with Crippen molar-refractivity contribution in [3.05, 3.63) is 0 Å². The maximum Gasteiger partial charge on any atom is 0.0525 e. The number of thiol groups is 3. The third-order valence-electron chi connectivity index (χ3n) is 3.37. The standard InChI is InChI=1S/C15H30S6/c1-10(16)4-7-13-19-14(8-5-11(2)17)21-15(20-13)9-6-12(3)18/h10-18H,4-9H2,1-3H3. The molecule has 6 heteroatoms. The van der Waals surface area contributed by atoms with Crippen LogP contribution in [0.3, 0.4) is 0 Å². The Labute approximate surface area is 161 Å². The van der Waals surface area contributed by atoms with E-state index in [1.54, 1.807) is 0 Å². The smallest absolute Gasteiger partial charge is 0.0525 e. The fourth-order valence-electron chi connectivity index (χ4n) is 2.14. The second-order valence-corrected chi connectivity index (χ2v) is 13.7. The molecule has 1 rings (SSSR count). The first-order chi connectivity index (χ1) is 9.86. The molecule has 0 spiro atoms. The van der Waals surface area contributed by atoms with Crippen LogP contribution in [0.2, 0.25) is 0 Å². The van der Waals surface area contributed by atoms with Gasteiger partial charge in [0.2, 0.25) is 0 Å². The van der Waals surface area contributed by atoms with Gasteiger partial charge in [0.15, 0.2) is 0 Å². The molecule has 21 heavy (non-hydrogen) atoms. The maximum atomic E-state index is 4.54. The van der Waals surface area contributed by atoms with Crippen LogP contribution >= 0.6 is 73.2 Å². The summed E-state index contributed by atoms with van der Waals surface area (Å²) in [5.41, 5.74) is 0. The van der Waals surface area contributed by atoms with Crippen molar-refractivity contribution < 1.29 is 0 Å². The first kappa shape index (κ1) is 21.1. The largest absolute Gasteiger partial charge is 0.176 e. The number of hydrogen-bond donors (Lipinski definition) is 3. The van der Waals surface area contributed by atoms with Crippen molar-refractivity contribution in [3.8, 4) is 0 Å². The van der Waals surface area contributed by atoms with Gasteiger partial charge in [0, 0.05) is 0 Å². The molecule has 0 aromatic carbocycles. The summed E-state index contributed by atoms with van der Waals surface area (Å²) in [6.07, 6.45) is 7.55. The van der Waals surface area contributed by atoms with Crippen LogP contribution in [0.15, 0.2) is 0 Å². The van der Waals surface area contributed by atoms with Crippen molar-refractivity contribution >= 4 is 73.2 Å². The van der Waals surface area contributed by atoms with Gasteiger partial charge in [-0.1, -0.05) is 20.8 Å². The van der Waals surface area contributed by atoms with Crippen molar-refractivity contribution in [2.45, 2.75) is 88.8 Å². The second kappa shape index (κ2) is 11.6. The van der Waals surface area contributed by atoms with E-state index < -0.39 is 0 Å². The van der Waals surface area contributed by atoms with E-state index in [0.717, 1.165) is 13.7 Å². The van der Waals surface area contributed by atoms with Crippen molar-refractivity contribution in [3.63, 3.8) is 0 Å². The summed E-state index contributed by atoms with van der Waals surface area (Å²) in [7, 11) is 0. The summed E-state index contributed by atoms with van der Waals surface area (Å²) < 4.78 is 2.25. The molecule has 1 saturated heterocycles. The summed E-state index contributed by atoms with van der Waals surface area (Å²) in [5.74, 6) is 0. The Morgan fingerprint density at radius 3 is 1.05 bits per heavy atom. The molecular formula is C15H30S6. The van der Waals surface area contributed by atoms with Crippen LogP contribution in [0.1, 0.15) is 59.3 Å². The highest BCUT2D eigenvalue weighted by molar-refractivity contribution is 8.33. The number of rotatable bonds is 9. The SMILES string of the molecule is CC(S)CCC1SC(CCC(C)S)SC(CCC(C)S)S1. The lowest BCUT2D eigenvalue weighted by Gasteiger charge is -2.34. The monoisotopic (exact) mass is 402 g/mol. The van der Waals surface area contributed by atoms with Crippen LogP contribution in [0.4, 0.5) is 0 Å². The first-order valence-electron chi connectivity index (χ1n) is 7.87. The molecular weight excluding hydrogens is 373 g/mol. The van der Waals surface area contributed by atoms with Crippen LogP contribution in [0, 0.1) is 0 Å². The molecule has 0 aromatic rings. The summed E-state index contributed by atoms with van der Waals surface area (Å²) in [4.78, 5) is 0. The molecule has 0 radical (unpaired) electrons. The van der Waals surface area contributed by atoms with E-state index in [1.807, 2.05) is 0 Å². The lowest BCUT2D eigenvalue weighted by Crippen LogP contribution is -2.20. The van der Waals surface area contributed by atoms with Gasteiger partial charge in [0.1, 0.15) is 0 Å². The highest BCUT2D eigenvalue weighted by Gasteiger charge is 2.30. The predicted octanol–water partition coefficient (Wildman–Crippen LogP) is 6.47. The minimum absolute atomic E-state index is 0.521. The lowest BCUT2D eigenvalue weighted by atomic mass is 10.3. The van der Waals surface area contributed by atoms with Gasteiger partial charge in [-0.3, -0.25) is 0 Å². The van der Waals surface area contributed by atoms with E-state index >= 15 is 0 Å². The zero-order valence-electron chi connectivity index (χ0n) is 13.3. The molecule has 0 bridgehead atoms. The summed E-state index contributed by atoms with van der Waals surface area (Å²) >= 11 is 20.2. The van der Waals surface area contributed by atoms with Crippen molar-refractivity contribution in [2.24, 2.45) is 0 Å². The van der Waals surface area contributed by atoms with Gasteiger partial charge in [-0.15, -0.1) is 35.3 Å². The van der Waals surface area contributed by atoms with E-state index in [-0.39, 0.29) is 0 Å². The zero-order chi connectivity index (χ0) is 15.8. The lowest BCUT2D eigenvalue weighted by molar-refractivity contribution is 0.750. The van der Waals surface area contributed by atoms with Crippen molar-refractivity contribution in [1.82, 2.24) is 0 Å².